The fourth-order valence-corrected chi connectivity index (χ4v) is 2.78. The van der Waals surface area contributed by atoms with Crippen molar-refractivity contribution >= 4 is 21.5 Å². The third-order valence-electron chi connectivity index (χ3n) is 2.57. The molecule has 0 saturated carbocycles. The van der Waals surface area contributed by atoms with Gasteiger partial charge in [-0.15, -0.1) is 0 Å². The third kappa shape index (κ3) is 2.86. The van der Waals surface area contributed by atoms with Crippen LogP contribution in [0.2, 0.25) is 0 Å². The van der Waals surface area contributed by atoms with E-state index < -0.39 is 16.0 Å². The van der Waals surface area contributed by atoms with E-state index in [1.165, 1.54) is 16.7 Å². The summed E-state index contributed by atoms with van der Waals surface area (Å²) >= 11 is 0. The summed E-state index contributed by atoms with van der Waals surface area (Å²) in [5, 5.41) is 8.16. The lowest BCUT2D eigenvalue weighted by atomic mass is 10.4. The van der Waals surface area contributed by atoms with E-state index in [1.807, 2.05) is 0 Å². The van der Waals surface area contributed by atoms with Gasteiger partial charge in [0, 0.05) is 6.20 Å². The Bertz CT molecular complexity index is 819. The van der Waals surface area contributed by atoms with Crippen molar-refractivity contribution in [2.75, 3.05) is 13.2 Å². The van der Waals surface area contributed by atoms with E-state index >= 15 is 0 Å². The van der Waals surface area contributed by atoms with E-state index in [0.29, 0.717) is 0 Å². The van der Waals surface area contributed by atoms with Crippen LogP contribution in [-0.4, -0.2) is 36.9 Å². The molecule has 0 bridgehead atoms. The lowest BCUT2D eigenvalue weighted by molar-refractivity contribution is 0.0511. The Morgan fingerprint density at radius 1 is 1.52 bits per heavy atom. The summed E-state index contributed by atoms with van der Waals surface area (Å²) in [6, 6.07) is 6.44. The van der Waals surface area contributed by atoms with Crippen molar-refractivity contribution in [1.29, 1.82) is 5.26 Å². The van der Waals surface area contributed by atoms with Gasteiger partial charge in [0.1, 0.15) is 0 Å². The molecular formula is C12H12N4O4S. The number of fused-ring (bicyclic) bond motifs is 1. The highest BCUT2D eigenvalue weighted by atomic mass is 32.2. The van der Waals surface area contributed by atoms with Gasteiger partial charge in [-0.2, -0.15) is 9.98 Å². The molecular weight excluding hydrogens is 296 g/mol. The number of imidazole rings is 1. The van der Waals surface area contributed by atoms with Gasteiger partial charge < -0.3 is 4.74 Å². The number of carbonyl (C=O) groups excluding carboxylic acids is 1. The van der Waals surface area contributed by atoms with E-state index in [1.54, 1.807) is 25.1 Å². The number of nitriles is 1. The summed E-state index contributed by atoms with van der Waals surface area (Å²) in [5.41, 5.74) is 0.228. The number of nitrogens with zero attached hydrogens (tertiary/aromatic N) is 3. The Morgan fingerprint density at radius 3 is 2.95 bits per heavy atom. The monoisotopic (exact) mass is 308 g/mol. The number of carbonyl (C=O) groups is 1. The predicted octanol–water partition coefficient (Wildman–Crippen LogP) is 0.313. The molecule has 110 valence electrons. The maximum absolute atomic E-state index is 12.1. The van der Waals surface area contributed by atoms with Crippen LogP contribution in [0.15, 0.2) is 29.4 Å². The molecule has 2 aromatic heterocycles. The fourth-order valence-electron chi connectivity index (χ4n) is 1.74. The molecule has 0 saturated heterocycles. The Hall–Kier alpha value is -2.44. The highest BCUT2D eigenvalue weighted by Crippen LogP contribution is 2.18. The second-order valence-electron chi connectivity index (χ2n) is 3.90. The quantitative estimate of drug-likeness (QED) is 0.628. The van der Waals surface area contributed by atoms with Crippen molar-refractivity contribution in [3.8, 4) is 6.07 Å². The Labute approximate surface area is 121 Å². The minimum Gasteiger partial charge on any atom is -0.460 e. The van der Waals surface area contributed by atoms with E-state index in [0.717, 1.165) is 0 Å². The molecule has 2 rings (SSSR count). The van der Waals surface area contributed by atoms with Crippen LogP contribution in [-0.2, 0) is 14.8 Å². The van der Waals surface area contributed by atoms with Gasteiger partial charge in [0.05, 0.1) is 24.7 Å². The molecule has 0 aliphatic heterocycles. The van der Waals surface area contributed by atoms with Crippen LogP contribution in [0.25, 0.3) is 5.52 Å². The summed E-state index contributed by atoms with van der Waals surface area (Å²) in [6.07, 6.45) is 1.51. The SMILES string of the molecule is CCOC(=O)c1nc(S(=O)(=O)NCC#N)c2ccccn12. The molecule has 9 heteroatoms. The minimum absolute atomic E-state index is 0.134. The highest BCUT2D eigenvalue weighted by Gasteiger charge is 2.26. The summed E-state index contributed by atoms with van der Waals surface area (Å²) in [7, 11) is -3.99. The van der Waals surface area contributed by atoms with E-state index in [9.17, 15) is 13.2 Å². The smallest absolute Gasteiger partial charge is 0.374 e. The number of nitrogens with one attached hydrogen (secondary N) is 1. The molecule has 0 aliphatic rings. The lowest BCUT2D eigenvalue weighted by Gasteiger charge is -2.00. The summed E-state index contributed by atoms with van der Waals surface area (Å²) < 4.78 is 32.5. The number of aromatic nitrogens is 2. The molecule has 0 radical (unpaired) electrons. The minimum atomic E-state index is -3.99. The molecule has 2 heterocycles. The number of sulfonamides is 1. The van der Waals surface area contributed by atoms with E-state index in [4.69, 9.17) is 10.00 Å². The summed E-state index contributed by atoms with van der Waals surface area (Å²) in [5.74, 6) is -0.856. The second kappa shape index (κ2) is 5.90. The van der Waals surface area contributed by atoms with Crippen molar-refractivity contribution in [2.45, 2.75) is 11.9 Å². The number of esters is 1. The summed E-state index contributed by atoms with van der Waals surface area (Å²) in [6.45, 7) is 1.40. The molecule has 0 atom stereocenters. The van der Waals surface area contributed by atoms with Gasteiger partial charge in [0.25, 0.3) is 10.0 Å². The molecule has 2 aromatic rings. The molecule has 0 fully saturated rings. The third-order valence-corrected chi connectivity index (χ3v) is 3.90. The average molecular weight is 308 g/mol. The number of pyridine rings is 1. The molecule has 0 unspecified atom stereocenters. The average Bonchev–Trinajstić information content (AvgIpc) is 2.86. The number of ether oxygens (including phenoxy) is 1. The topological polar surface area (TPSA) is 114 Å². The van der Waals surface area contributed by atoms with Gasteiger partial charge >= 0.3 is 5.97 Å². The van der Waals surface area contributed by atoms with Crippen LogP contribution in [0.5, 0.6) is 0 Å². The van der Waals surface area contributed by atoms with Gasteiger partial charge in [-0.3, -0.25) is 4.40 Å². The Balaban J connectivity index is 2.61. The second-order valence-corrected chi connectivity index (χ2v) is 5.58. The summed E-state index contributed by atoms with van der Waals surface area (Å²) in [4.78, 5) is 15.7. The molecule has 0 amide bonds. The zero-order chi connectivity index (χ0) is 15.5. The van der Waals surface area contributed by atoms with Crippen molar-refractivity contribution < 1.29 is 17.9 Å². The van der Waals surface area contributed by atoms with Crippen LogP contribution in [0.1, 0.15) is 17.5 Å². The molecule has 0 spiro atoms. The first-order valence-electron chi connectivity index (χ1n) is 6.02. The largest absolute Gasteiger partial charge is 0.460 e. The van der Waals surface area contributed by atoms with Crippen LogP contribution in [0, 0.1) is 11.3 Å². The van der Waals surface area contributed by atoms with Crippen LogP contribution in [0.4, 0.5) is 0 Å². The maximum Gasteiger partial charge on any atom is 0.374 e. The molecule has 1 N–H and O–H groups in total. The maximum atomic E-state index is 12.1. The van der Waals surface area contributed by atoms with Crippen molar-refractivity contribution in [2.24, 2.45) is 0 Å². The zero-order valence-electron chi connectivity index (χ0n) is 11.1. The fraction of sp³-hybridized carbons (Fsp3) is 0.250. The molecule has 21 heavy (non-hydrogen) atoms. The van der Waals surface area contributed by atoms with Crippen molar-refractivity contribution in [1.82, 2.24) is 14.1 Å². The van der Waals surface area contributed by atoms with E-state index in [-0.39, 0.29) is 29.5 Å². The molecule has 0 aromatic carbocycles. The van der Waals surface area contributed by atoms with Crippen LogP contribution >= 0.6 is 0 Å². The van der Waals surface area contributed by atoms with Gasteiger partial charge in [0.2, 0.25) is 5.82 Å². The van der Waals surface area contributed by atoms with Gasteiger partial charge in [-0.05, 0) is 19.1 Å². The van der Waals surface area contributed by atoms with Crippen molar-refractivity contribution in [3.05, 3.63) is 30.2 Å². The number of hydrogen-bond donors (Lipinski definition) is 1. The first-order chi connectivity index (χ1) is 10.0. The van der Waals surface area contributed by atoms with Gasteiger partial charge in [-0.25, -0.2) is 18.2 Å². The van der Waals surface area contributed by atoms with Crippen LogP contribution in [0.3, 0.4) is 0 Å². The Morgan fingerprint density at radius 2 is 2.29 bits per heavy atom. The standard InChI is InChI=1S/C12H12N4O4S/c1-2-20-12(17)10-15-11(21(18,19)14-7-6-13)9-5-3-4-8-16(9)10/h3-5,8,14H,2,7H2,1H3. The number of hydrogen-bond acceptors (Lipinski definition) is 6. The first kappa shape index (κ1) is 15.0. The Kier molecular flexibility index (Phi) is 4.21. The zero-order valence-corrected chi connectivity index (χ0v) is 11.9. The predicted molar refractivity (Wildman–Crippen MR) is 72.0 cm³/mol. The first-order valence-corrected chi connectivity index (χ1v) is 7.50. The van der Waals surface area contributed by atoms with Crippen molar-refractivity contribution in [3.63, 3.8) is 0 Å². The highest BCUT2D eigenvalue weighted by molar-refractivity contribution is 7.89. The number of rotatable bonds is 5. The molecule has 0 aliphatic carbocycles. The van der Waals surface area contributed by atoms with Gasteiger partial charge in [0.15, 0.2) is 5.03 Å². The molecule has 8 nitrogen and oxygen atoms in total. The normalized spacial score (nSPS) is 11.2. The van der Waals surface area contributed by atoms with E-state index in [2.05, 4.69) is 9.71 Å². The van der Waals surface area contributed by atoms with Crippen LogP contribution < -0.4 is 4.72 Å². The lowest BCUT2D eigenvalue weighted by Crippen LogP contribution is -2.24. The van der Waals surface area contributed by atoms with Gasteiger partial charge in [-0.1, -0.05) is 6.07 Å².